The van der Waals surface area contributed by atoms with Gasteiger partial charge in [-0.2, -0.15) is 0 Å². The van der Waals surface area contributed by atoms with Crippen molar-refractivity contribution in [2.24, 2.45) is 0 Å². The van der Waals surface area contributed by atoms with Crippen LogP contribution in [0.2, 0.25) is 0 Å². The molecule has 0 saturated heterocycles. The highest BCUT2D eigenvalue weighted by molar-refractivity contribution is 5.69. The summed E-state index contributed by atoms with van der Waals surface area (Å²) >= 11 is 0. The Kier molecular flexibility index (Phi) is 22.3. The maximum absolute atomic E-state index is 11.8. The van der Waals surface area contributed by atoms with Crippen LogP contribution in [0.4, 0.5) is 0 Å². The van der Waals surface area contributed by atoms with E-state index >= 15 is 0 Å². The van der Waals surface area contributed by atoms with Gasteiger partial charge in [0, 0.05) is 24.4 Å². The van der Waals surface area contributed by atoms with E-state index in [1.54, 1.807) is 12.4 Å². The number of hydrogen-bond acceptors (Lipinski definition) is 3. The number of carbonyl (C=O) groups excluding carboxylic acids is 1. The highest BCUT2D eigenvalue weighted by Gasteiger charge is 2.03. The van der Waals surface area contributed by atoms with Gasteiger partial charge in [0.05, 0.1) is 0 Å². The zero-order chi connectivity index (χ0) is 24.4. The molecule has 0 spiro atoms. The van der Waals surface area contributed by atoms with Crippen LogP contribution in [-0.4, -0.2) is 11.0 Å². The maximum Gasteiger partial charge on any atom is 0.306 e. The normalized spacial score (nSPS) is 11.1. The lowest BCUT2D eigenvalue weighted by Crippen LogP contribution is -2.04. The minimum Gasteiger partial charge on any atom is -0.461 e. The Balaban J connectivity index is 1.69. The second-order valence-electron chi connectivity index (χ2n) is 10.2. The lowest BCUT2D eigenvalue weighted by Gasteiger charge is -2.05. The summed E-state index contributed by atoms with van der Waals surface area (Å²) in [5.41, 5.74) is 0.949. The molecule has 0 fully saturated rings. The first-order valence-corrected chi connectivity index (χ1v) is 14.9. The molecule has 3 nitrogen and oxygen atoms in total. The number of esters is 1. The van der Waals surface area contributed by atoms with Crippen LogP contribution in [0, 0.1) is 0 Å². The average Bonchev–Trinajstić information content (AvgIpc) is 2.86. The summed E-state index contributed by atoms with van der Waals surface area (Å²) in [6.07, 6.45) is 34.4. The van der Waals surface area contributed by atoms with E-state index in [1.165, 1.54) is 128 Å². The van der Waals surface area contributed by atoms with E-state index in [4.69, 9.17) is 4.74 Å². The number of carbonyl (C=O) groups is 1. The van der Waals surface area contributed by atoms with Gasteiger partial charge in [0.1, 0.15) is 6.61 Å². The fourth-order valence-corrected chi connectivity index (χ4v) is 4.60. The number of rotatable bonds is 25. The Bertz CT molecular complexity index is 546. The number of ether oxygens (including phenoxy) is 1. The van der Waals surface area contributed by atoms with Gasteiger partial charge in [-0.15, -0.1) is 0 Å². The summed E-state index contributed by atoms with van der Waals surface area (Å²) in [6, 6.07) is 3.79. The van der Waals surface area contributed by atoms with Crippen molar-refractivity contribution in [2.45, 2.75) is 161 Å². The third-order valence-electron chi connectivity index (χ3n) is 6.86. The summed E-state index contributed by atoms with van der Waals surface area (Å²) in [6.45, 7) is 2.63. The van der Waals surface area contributed by atoms with Crippen molar-refractivity contribution in [1.82, 2.24) is 4.98 Å². The van der Waals surface area contributed by atoms with Crippen molar-refractivity contribution >= 4 is 5.97 Å². The predicted molar refractivity (Wildman–Crippen MR) is 146 cm³/mol. The van der Waals surface area contributed by atoms with E-state index in [0.717, 1.165) is 18.4 Å². The standard InChI is InChI=1S/C31H55NO2/c1-2-3-4-5-6-7-8-9-10-11-12-13-14-15-16-17-18-19-20-21-22-23-26-31(33)34-29-30-25-24-27-32-28-30/h24-25,27-28H,2-23,26,29H2,1H3. The first-order valence-electron chi connectivity index (χ1n) is 14.9. The van der Waals surface area contributed by atoms with Gasteiger partial charge in [-0.25, -0.2) is 0 Å². The summed E-state index contributed by atoms with van der Waals surface area (Å²) in [5, 5.41) is 0. The molecule has 0 aliphatic rings. The van der Waals surface area contributed by atoms with E-state index in [1.807, 2.05) is 12.1 Å². The maximum atomic E-state index is 11.8. The smallest absolute Gasteiger partial charge is 0.306 e. The average molecular weight is 474 g/mol. The third kappa shape index (κ3) is 21.2. The molecule has 34 heavy (non-hydrogen) atoms. The quantitative estimate of drug-likeness (QED) is 0.105. The first kappa shape index (κ1) is 30.7. The monoisotopic (exact) mass is 473 g/mol. The van der Waals surface area contributed by atoms with E-state index in [-0.39, 0.29) is 5.97 Å². The summed E-state index contributed by atoms with van der Waals surface area (Å²) in [7, 11) is 0. The second-order valence-corrected chi connectivity index (χ2v) is 10.2. The molecule has 0 amide bonds. The van der Waals surface area contributed by atoms with Gasteiger partial charge in [-0.05, 0) is 12.5 Å². The number of nitrogens with zero attached hydrogens (tertiary/aromatic N) is 1. The minimum atomic E-state index is -0.0861. The highest BCUT2D eigenvalue weighted by atomic mass is 16.5. The largest absolute Gasteiger partial charge is 0.461 e. The van der Waals surface area contributed by atoms with E-state index in [9.17, 15) is 4.79 Å². The number of unbranched alkanes of at least 4 members (excludes halogenated alkanes) is 21. The zero-order valence-electron chi connectivity index (χ0n) is 22.5. The van der Waals surface area contributed by atoms with Crippen molar-refractivity contribution in [3.8, 4) is 0 Å². The molecular formula is C31H55NO2. The van der Waals surface area contributed by atoms with E-state index in [0.29, 0.717) is 13.0 Å². The van der Waals surface area contributed by atoms with Crippen molar-refractivity contribution in [3.05, 3.63) is 30.1 Å². The number of pyridine rings is 1. The highest BCUT2D eigenvalue weighted by Crippen LogP contribution is 2.15. The van der Waals surface area contributed by atoms with E-state index in [2.05, 4.69) is 11.9 Å². The Labute approximate surface area is 211 Å². The molecule has 0 bridgehead atoms. The molecule has 0 N–H and O–H groups in total. The molecule has 1 heterocycles. The molecule has 0 atom stereocenters. The van der Waals surface area contributed by atoms with Crippen LogP contribution in [0.25, 0.3) is 0 Å². The third-order valence-corrected chi connectivity index (χ3v) is 6.86. The summed E-state index contributed by atoms with van der Waals surface area (Å²) < 4.78 is 5.30. The molecule has 0 radical (unpaired) electrons. The Morgan fingerprint density at radius 3 is 1.44 bits per heavy atom. The summed E-state index contributed by atoms with van der Waals surface area (Å²) in [5.74, 6) is -0.0861. The number of hydrogen-bond donors (Lipinski definition) is 0. The molecule has 3 heteroatoms. The molecular weight excluding hydrogens is 418 g/mol. The fourth-order valence-electron chi connectivity index (χ4n) is 4.60. The zero-order valence-corrected chi connectivity index (χ0v) is 22.5. The van der Waals surface area contributed by atoms with Crippen molar-refractivity contribution in [1.29, 1.82) is 0 Å². The molecule has 0 saturated carbocycles. The van der Waals surface area contributed by atoms with Gasteiger partial charge < -0.3 is 4.74 Å². The van der Waals surface area contributed by atoms with Gasteiger partial charge >= 0.3 is 5.97 Å². The van der Waals surface area contributed by atoms with E-state index < -0.39 is 0 Å². The SMILES string of the molecule is CCCCCCCCCCCCCCCCCCCCCCCCC(=O)OCc1cccnc1. The molecule has 196 valence electrons. The van der Waals surface area contributed by atoms with Crippen LogP contribution in [0.5, 0.6) is 0 Å². The summed E-state index contributed by atoms with van der Waals surface area (Å²) in [4.78, 5) is 15.8. The van der Waals surface area contributed by atoms with Crippen molar-refractivity contribution in [3.63, 3.8) is 0 Å². The topological polar surface area (TPSA) is 39.2 Å². The lowest BCUT2D eigenvalue weighted by atomic mass is 10.0. The molecule has 0 aromatic carbocycles. The molecule has 0 aliphatic heterocycles. The van der Waals surface area contributed by atoms with Gasteiger partial charge in [0.2, 0.25) is 0 Å². The molecule has 1 aromatic rings. The lowest BCUT2D eigenvalue weighted by molar-refractivity contribution is -0.145. The van der Waals surface area contributed by atoms with Crippen LogP contribution >= 0.6 is 0 Å². The Morgan fingerprint density at radius 2 is 1.06 bits per heavy atom. The molecule has 1 rings (SSSR count). The predicted octanol–water partition coefficient (Wildman–Crippen LogP) is 10.1. The second kappa shape index (κ2) is 24.7. The molecule has 0 aliphatic carbocycles. The van der Waals surface area contributed by atoms with Crippen LogP contribution in [0.15, 0.2) is 24.5 Å². The molecule has 0 unspecified atom stereocenters. The van der Waals surface area contributed by atoms with Gasteiger partial charge in [-0.1, -0.05) is 148 Å². The van der Waals surface area contributed by atoms with Gasteiger partial charge in [0.15, 0.2) is 0 Å². The number of aromatic nitrogens is 1. The van der Waals surface area contributed by atoms with Gasteiger partial charge in [-0.3, -0.25) is 9.78 Å². The van der Waals surface area contributed by atoms with Gasteiger partial charge in [0.25, 0.3) is 0 Å². The fraction of sp³-hybridized carbons (Fsp3) is 0.806. The van der Waals surface area contributed by atoms with Crippen molar-refractivity contribution in [2.75, 3.05) is 0 Å². The van der Waals surface area contributed by atoms with Crippen LogP contribution in [0.3, 0.4) is 0 Å². The van der Waals surface area contributed by atoms with Crippen LogP contribution in [-0.2, 0) is 16.1 Å². The van der Waals surface area contributed by atoms with Crippen molar-refractivity contribution < 1.29 is 9.53 Å². The minimum absolute atomic E-state index is 0.0861. The first-order chi connectivity index (χ1) is 16.8. The van der Waals surface area contributed by atoms with Crippen LogP contribution < -0.4 is 0 Å². The van der Waals surface area contributed by atoms with Crippen LogP contribution in [0.1, 0.15) is 160 Å². The molecule has 1 aromatic heterocycles. The Hall–Kier alpha value is -1.38. The Morgan fingerprint density at radius 1 is 0.647 bits per heavy atom.